The molecule has 1 amide bonds. The van der Waals surface area contributed by atoms with Crippen LogP contribution in [0.3, 0.4) is 0 Å². The fraction of sp³-hybridized carbons (Fsp3) is 0.429. The first-order valence-corrected chi connectivity index (χ1v) is 9.41. The van der Waals surface area contributed by atoms with E-state index in [2.05, 4.69) is 15.6 Å². The Morgan fingerprint density at radius 1 is 1.08 bits per heavy atom. The van der Waals surface area contributed by atoms with Crippen LogP contribution in [0.15, 0.2) is 42.6 Å². The maximum Gasteiger partial charge on any atom is 0.262 e. The van der Waals surface area contributed by atoms with Gasteiger partial charge < -0.3 is 15.4 Å². The topological polar surface area (TPSA) is 63.2 Å². The number of nitrogens with zero attached hydrogens (tertiary/aromatic N) is 1. The Hall–Kier alpha value is -2.56. The van der Waals surface area contributed by atoms with E-state index in [0.29, 0.717) is 17.5 Å². The first kappa shape index (κ1) is 18.2. The Labute approximate surface area is 155 Å². The first-order chi connectivity index (χ1) is 12.7. The lowest BCUT2D eigenvalue weighted by molar-refractivity contribution is -0.118. The SMILES string of the molecule is Cc1ccc(OCC(=O)Nc2ccc(NC3CCCCCC3)nc2)cc1. The van der Waals surface area contributed by atoms with Crippen molar-refractivity contribution in [2.75, 3.05) is 17.2 Å². The van der Waals surface area contributed by atoms with Crippen LogP contribution in [0.2, 0.25) is 0 Å². The number of aromatic nitrogens is 1. The van der Waals surface area contributed by atoms with Crippen molar-refractivity contribution in [1.82, 2.24) is 4.98 Å². The lowest BCUT2D eigenvalue weighted by atomic mass is 10.1. The average molecular weight is 353 g/mol. The van der Waals surface area contributed by atoms with Crippen LogP contribution in [-0.2, 0) is 4.79 Å². The number of hydrogen-bond acceptors (Lipinski definition) is 4. The largest absolute Gasteiger partial charge is 0.484 e. The fourth-order valence-corrected chi connectivity index (χ4v) is 3.17. The van der Waals surface area contributed by atoms with Gasteiger partial charge in [-0.25, -0.2) is 4.98 Å². The Morgan fingerprint density at radius 3 is 2.46 bits per heavy atom. The summed E-state index contributed by atoms with van der Waals surface area (Å²) in [6.07, 6.45) is 9.33. The summed E-state index contributed by atoms with van der Waals surface area (Å²) in [7, 11) is 0. The van der Waals surface area contributed by atoms with Gasteiger partial charge >= 0.3 is 0 Å². The Balaban J connectivity index is 1.45. The molecule has 0 spiro atoms. The van der Waals surface area contributed by atoms with E-state index in [1.807, 2.05) is 43.3 Å². The number of amides is 1. The van der Waals surface area contributed by atoms with Crippen LogP contribution in [-0.4, -0.2) is 23.5 Å². The molecule has 1 aromatic carbocycles. The van der Waals surface area contributed by atoms with Crippen LogP contribution in [0, 0.1) is 6.92 Å². The molecule has 1 aliphatic rings. The van der Waals surface area contributed by atoms with Gasteiger partial charge in [0.25, 0.3) is 5.91 Å². The molecular weight excluding hydrogens is 326 g/mol. The molecule has 0 aliphatic heterocycles. The van der Waals surface area contributed by atoms with Gasteiger partial charge in [-0.1, -0.05) is 43.4 Å². The summed E-state index contributed by atoms with van der Waals surface area (Å²) >= 11 is 0. The highest BCUT2D eigenvalue weighted by Crippen LogP contribution is 2.21. The van der Waals surface area contributed by atoms with E-state index in [1.54, 1.807) is 6.20 Å². The number of anilines is 2. The lowest BCUT2D eigenvalue weighted by Gasteiger charge is -2.17. The molecule has 0 atom stereocenters. The maximum absolute atomic E-state index is 12.0. The van der Waals surface area contributed by atoms with Gasteiger partial charge in [0.05, 0.1) is 11.9 Å². The molecule has 1 heterocycles. The number of pyridine rings is 1. The fourth-order valence-electron chi connectivity index (χ4n) is 3.17. The molecule has 0 unspecified atom stereocenters. The summed E-state index contributed by atoms with van der Waals surface area (Å²) < 4.78 is 5.49. The Morgan fingerprint density at radius 2 is 1.81 bits per heavy atom. The van der Waals surface area contributed by atoms with Crippen LogP contribution < -0.4 is 15.4 Å². The van der Waals surface area contributed by atoms with Crippen LogP contribution in [0.5, 0.6) is 5.75 Å². The van der Waals surface area contributed by atoms with Gasteiger partial charge in [-0.05, 0) is 44.0 Å². The van der Waals surface area contributed by atoms with Crippen LogP contribution in [0.4, 0.5) is 11.5 Å². The molecule has 26 heavy (non-hydrogen) atoms. The van der Waals surface area contributed by atoms with Crippen molar-refractivity contribution < 1.29 is 9.53 Å². The van der Waals surface area contributed by atoms with Crippen LogP contribution in [0.1, 0.15) is 44.1 Å². The third-order valence-corrected chi connectivity index (χ3v) is 4.65. The predicted molar refractivity (Wildman–Crippen MR) is 105 cm³/mol. The van der Waals surface area contributed by atoms with Crippen LogP contribution in [0.25, 0.3) is 0 Å². The number of benzene rings is 1. The molecular formula is C21H27N3O2. The van der Waals surface area contributed by atoms with Gasteiger partial charge in [0.2, 0.25) is 0 Å². The molecule has 1 aromatic heterocycles. The molecule has 2 N–H and O–H groups in total. The minimum absolute atomic E-state index is 0.0227. The number of ether oxygens (including phenoxy) is 1. The second-order valence-corrected chi connectivity index (χ2v) is 6.91. The molecule has 5 nitrogen and oxygen atoms in total. The van der Waals surface area contributed by atoms with Gasteiger partial charge in [0.1, 0.15) is 11.6 Å². The minimum Gasteiger partial charge on any atom is -0.484 e. The third kappa shape index (κ3) is 5.76. The van der Waals surface area contributed by atoms with E-state index in [9.17, 15) is 4.79 Å². The molecule has 3 rings (SSSR count). The number of carbonyl (C=O) groups excluding carboxylic acids is 1. The zero-order chi connectivity index (χ0) is 18.2. The molecule has 1 saturated carbocycles. The second-order valence-electron chi connectivity index (χ2n) is 6.91. The van der Waals surface area contributed by atoms with Crippen molar-refractivity contribution in [1.29, 1.82) is 0 Å². The third-order valence-electron chi connectivity index (χ3n) is 4.65. The molecule has 2 aromatic rings. The highest BCUT2D eigenvalue weighted by atomic mass is 16.5. The van der Waals surface area contributed by atoms with Crippen molar-refractivity contribution in [3.8, 4) is 5.75 Å². The summed E-state index contributed by atoms with van der Waals surface area (Å²) in [6, 6.07) is 11.9. The van der Waals surface area contributed by atoms with Gasteiger partial charge in [-0.3, -0.25) is 4.79 Å². The zero-order valence-electron chi connectivity index (χ0n) is 15.3. The molecule has 1 fully saturated rings. The molecule has 0 radical (unpaired) electrons. The highest BCUT2D eigenvalue weighted by Gasteiger charge is 2.12. The van der Waals surface area contributed by atoms with E-state index < -0.39 is 0 Å². The van der Waals surface area contributed by atoms with E-state index in [-0.39, 0.29) is 12.5 Å². The molecule has 5 heteroatoms. The standard InChI is InChI=1S/C21H27N3O2/c1-16-8-11-19(12-9-16)26-15-21(25)24-18-10-13-20(22-14-18)23-17-6-4-2-3-5-7-17/h8-14,17H,2-7,15H2,1H3,(H,22,23)(H,24,25). The number of hydrogen-bond donors (Lipinski definition) is 2. The monoisotopic (exact) mass is 353 g/mol. The summed E-state index contributed by atoms with van der Waals surface area (Å²) in [4.78, 5) is 16.4. The van der Waals surface area contributed by atoms with Gasteiger partial charge in [-0.15, -0.1) is 0 Å². The number of aryl methyl sites for hydroxylation is 1. The molecule has 1 aliphatic carbocycles. The van der Waals surface area contributed by atoms with Gasteiger partial charge in [-0.2, -0.15) is 0 Å². The lowest BCUT2D eigenvalue weighted by Crippen LogP contribution is -2.21. The molecule has 0 saturated heterocycles. The normalized spacial score (nSPS) is 15.1. The van der Waals surface area contributed by atoms with Crippen molar-refractivity contribution in [2.45, 2.75) is 51.5 Å². The quantitative estimate of drug-likeness (QED) is 0.748. The summed E-state index contributed by atoms with van der Waals surface area (Å²) in [5.41, 5.74) is 1.83. The summed E-state index contributed by atoms with van der Waals surface area (Å²) in [5, 5.41) is 6.31. The summed E-state index contributed by atoms with van der Waals surface area (Å²) in [6.45, 7) is 1.99. The van der Waals surface area contributed by atoms with Crippen LogP contribution >= 0.6 is 0 Å². The highest BCUT2D eigenvalue weighted by molar-refractivity contribution is 5.91. The van der Waals surface area contributed by atoms with Gasteiger partial charge in [0, 0.05) is 6.04 Å². The Kier molecular flexibility index (Phi) is 6.47. The second kappa shape index (κ2) is 9.22. The van der Waals surface area contributed by atoms with Crippen molar-refractivity contribution in [3.05, 3.63) is 48.2 Å². The van der Waals surface area contributed by atoms with E-state index >= 15 is 0 Å². The van der Waals surface area contributed by atoms with E-state index in [4.69, 9.17) is 4.74 Å². The zero-order valence-corrected chi connectivity index (χ0v) is 15.3. The Bertz CT molecular complexity index is 690. The molecule has 138 valence electrons. The van der Waals surface area contributed by atoms with Gasteiger partial charge in [0.15, 0.2) is 6.61 Å². The van der Waals surface area contributed by atoms with E-state index in [1.165, 1.54) is 38.5 Å². The molecule has 0 bridgehead atoms. The van der Waals surface area contributed by atoms with Crippen molar-refractivity contribution >= 4 is 17.4 Å². The average Bonchev–Trinajstić information content (AvgIpc) is 2.92. The predicted octanol–water partition coefficient (Wildman–Crippen LogP) is 4.54. The first-order valence-electron chi connectivity index (χ1n) is 9.41. The summed E-state index contributed by atoms with van der Waals surface area (Å²) in [5.74, 6) is 1.36. The van der Waals surface area contributed by atoms with Crippen molar-refractivity contribution in [3.63, 3.8) is 0 Å². The maximum atomic E-state index is 12.0. The number of nitrogens with one attached hydrogen (secondary N) is 2. The smallest absolute Gasteiger partial charge is 0.262 e. The van der Waals surface area contributed by atoms with Crippen molar-refractivity contribution in [2.24, 2.45) is 0 Å². The minimum atomic E-state index is -0.197. The van der Waals surface area contributed by atoms with E-state index in [0.717, 1.165) is 11.4 Å². The number of carbonyl (C=O) groups is 1. The number of rotatable bonds is 6.